The van der Waals surface area contributed by atoms with Crippen LogP contribution in [0.15, 0.2) is 61.2 Å². The fraction of sp³-hybridized carbons (Fsp3) is 0.190. The van der Waals surface area contributed by atoms with Crippen LogP contribution in [0.5, 0.6) is 0 Å². The SMILES string of the molecule is c1cc(-c2ccc3ncnc(Nc4nccnn4)c3c2)cc(N2CCOCC2)c1. The van der Waals surface area contributed by atoms with Gasteiger partial charge >= 0.3 is 0 Å². The van der Waals surface area contributed by atoms with Crippen molar-refractivity contribution < 1.29 is 4.74 Å². The van der Waals surface area contributed by atoms with E-state index in [-0.39, 0.29) is 0 Å². The quantitative estimate of drug-likeness (QED) is 0.573. The van der Waals surface area contributed by atoms with Gasteiger partial charge in [-0.3, -0.25) is 0 Å². The maximum atomic E-state index is 5.47. The van der Waals surface area contributed by atoms with Crippen molar-refractivity contribution in [2.45, 2.75) is 0 Å². The molecule has 29 heavy (non-hydrogen) atoms. The summed E-state index contributed by atoms with van der Waals surface area (Å²) in [7, 11) is 0. The standard InChI is InChI=1S/C21H19N7O/c1-2-15(12-17(3-1)28-8-10-29-11-9-28)16-4-5-19-18(13-16)20(24-14-23-19)26-21-22-6-7-25-27-21/h1-7,12-14H,8-11H2,(H,22,23,24,26,27). The van der Waals surface area contributed by atoms with Gasteiger partial charge in [0, 0.05) is 24.2 Å². The van der Waals surface area contributed by atoms with Crippen molar-refractivity contribution in [1.29, 1.82) is 0 Å². The number of anilines is 3. The molecule has 8 heteroatoms. The Morgan fingerprint density at radius 1 is 0.897 bits per heavy atom. The van der Waals surface area contributed by atoms with Crippen LogP contribution in [0.4, 0.5) is 17.5 Å². The van der Waals surface area contributed by atoms with Gasteiger partial charge in [0.2, 0.25) is 5.95 Å². The minimum absolute atomic E-state index is 0.396. The van der Waals surface area contributed by atoms with Crippen molar-refractivity contribution in [1.82, 2.24) is 25.1 Å². The predicted molar refractivity (Wildman–Crippen MR) is 111 cm³/mol. The predicted octanol–water partition coefficient (Wildman–Crippen LogP) is 3.06. The third kappa shape index (κ3) is 3.70. The highest BCUT2D eigenvalue weighted by molar-refractivity contribution is 5.93. The van der Waals surface area contributed by atoms with Crippen molar-refractivity contribution in [2.24, 2.45) is 0 Å². The van der Waals surface area contributed by atoms with Gasteiger partial charge < -0.3 is 15.0 Å². The molecule has 5 rings (SSSR count). The number of ether oxygens (including phenoxy) is 1. The number of fused-ring (bicyclic) bond motifs is 1. The van der Waals surface area contributed by atoms with Gasteiger partial charge in [0.1, 0.15) is 12.1 Å². The molecule has 1 fully saturated rings. The molecule has 0 atom stereocenters. The lowest BCUT2D eigenvalue weighted by atomic mass is 10.0. The van der Waals surface area contributed by atoms with Crippen LogP contribution in [-0.4, -0.2) is 51.5 Å². The Morgan fingerprint density at radius 3 is 2.66 bits per heavy atom. The minimum Gasteiger partial charge on any atom is -0.378 e. The lowest BCUT2D eigenvalue weighted by molar-refractivity contribution is 0.122. The Kier molecular flexibility index (Phi) is 4.67. The Balaban J connectivity index is 1.52. The molecule has 8 nitrogen and oxygen atoms in total. The number of hydrogen-bond donors (Lipinski definition) is 1. The third-order valence-corrected chi connectivity index (χ3v) is 4.90. The molecule has 144 valence electrons. The molecule has 1 aliphatic heterocycles. The summed E-state index contributed by atoms with van der Waals surface area (Å²) in [5, 5.41) is 11.9. The van der Waals surface area contributed by atoms with Crippen molar-refractivity contribution in [3.63, 3.8) is 0 Å². The molecule has 1 N–H and O–H groups in total. The van der Waals surface area contributed by atoms with Gasteiger partial charge in [-0.25, -0.2) is 15.0 Å². The van der Waals surface area contributed by atoms with Crippen LogP contribution < -0.4 is 10.2 Å². The molecule has 0 radical (unpaired) electrons. The number of benzene rings is 2. The summed E-state index contributed by atoms with van der Waals surface area (Å²) in [5.41, 5.74) is 4.29. The van der Waals surface area contributed by atoms with E-state index < -0.39 is 0 Å². The second kappa shape index (κ2) is 7.76. The highest BCUT2D eigenvalue weighted by Crippen LogP contribution is 2.30. The smallest absolute Gasteiger partial charge is 0.248 e. The number of morpholine rings is 1. The van der Waals surface area contributed by atoms with Crippen LogP contribution in [0.3, 0.4) is 0 Å². The van der Waals surface area contributed by atoms with Gasteiger partial charge in [0.15, 0.2) is 0 Å². The van der Waals surface area contributed by atoms with Crippen molar-refractivity contribution >= 4 is 28.4 Å². The van der Waals surface area contributed by atoms with Crippen LogP contribution in [-0.2, 0) is 4.74 Å². The molecule has 0 spiro atoms. The fourth-order valence-corrected chi connectivity index (χ4v) is 3.45. The van der Waals surface area contributed by atoms with Crippen LogP contribution >= 0.6 is 0 Å². The molecule has 2 aromatic carbocycles. The van der Waals surface area contributed by atoms with E-state index in [4.69, 9.17) is 4.74 Å². The fourth-order valence-electron chi connectivity index (χ4n) is 3.45. The maximum absolute atomic E-state index is 5.47. The summed E-state index contributed by atoms with van der Waals surface area (Å²) >= 11 is 0. The molecule has 0 aliphatic carbocycles. The Bertz CT molecular complexity index is 1130. The molecule has 1 saturated heterocycles. The van der Waals surface area contributed by atoms with Crippen LogP contribution in [0.2, 0.25) is 0 Å². The van der Waals surface area contributed by atoms with E-state index in [1.807, 2.05) is 6.07 Å². The first-order valence-corrected chi connectivity index (χ1v) is 9.45. The van der Waals surface area contributed by atoms with Gasteiger partial charge in [-0.1, -0.05) is 18.2 Å². The van der Waals surface area contributed by atoms with Crippen LogP contribution in [0, 0.1) is 0 Å². The van der Waals surface area contributed by atoms with Crippen molar-refractivity contribution in [3.8, 4) is 11.1 Å². The first-order valence-electron chi connectivity index (χ1n) is 9.45. The molecule has 0 amide bonds. The van der Waals surface area contributed by atoms with Gasteiger partial charge in [0.25, 0.3) is 0 Å². The Labute approximate surface area is 167 Å². The average molecular weight is 385 g/mol. The number of rotatable bonds is 4. The zero-order chi connectivity index (χ0) is 19.5. The van der Waals surface area contributed by atoms with E-state index in [0.29, 0.717) is 11.8 Å². The highest BCUT2D eigenvalue weighted by Gasteiger charge is 2.13. The largest absolute Gasteiger partial charge is 0.378 e. The number of nitrogens with one attached hydrogen (secondary N) is 1. The summed E-state index contributed by atoms with van der Waals surface area (Å²) in [4.78, 5) is 15.3. The summed E-state index contributed by atoms with van der Waals surface area (Å²) in [5.74, 6) is 1.04. The van der Waals surface area contributed by atoms with Gasteiger partial charge in [-0.15, -0.1) is 5.10 Å². The second-order valence-corrected chi connectivity index (χ2v) is 6.70. The summed E-state index contributed by atoms with van der Waals surface area (Å²) < 4.78 is 5.47. The molecule has 4 aromatic rings. The zero-order valence-corrected chi connectivity index (χ0v) is 15.7. The van der Waals surface area contributed by atoms with Gasteiger partial charge in [0.05, 0.1) is 31.1 Å². The molecule has 1 aliphatic rings. The minimum atomic E-state index is 0.396. The first kappa shape index (κ1) is 17.4. The number of nitrogens with zero attached hydrogens (tertiary/aromatic N) is 6. The second-order valence-electron chi connectivity index (χ2n) is 6.70. The molecule has 0 bridgehead atoms. The monoisotopic (exact) mass is 385 g/mol. The summed E-state index contributed by atoms with van der Waals surface area (Å²) in [6.07, 6.45) is 4.64. The van der Waals surface area contributed by atoms with E-state index in [1.54, 1.807) is 6.20 Å². The third-order valence-electron chi connectivity index (χ3n) is 4.90. The lowest BCUT2D eigenvalue weighted by Crippen LogP contribution is -2.36. The molecular formula is C21H19N7O. The number of aromatic nitrogens is 5. The Morgan fingerprint density at radius 2 is 1.79 bits per heavy atom. The normalized spacial score (nSPS) is 14.1. The Hall–Kier alpha value is -3.65. The molecule has 0 saturated carbocycles. The van der Waals surface area contributed by atoms with E-state index >= 15 is 0 Å². The van der Waals surface area contributed by atoms with E-state index in [9.17, 15) is 0 Å². The number of hydrogen-bond acceptors (Lipinski definition) is 8. The zero-order valence-electron chi connectivity index (χ0n) is 15.7. The highest BCUT2D eigenvalue weighted by atomic mass is 16.5. The maximum Gasteiger partial charge on any atom is 0.248 e. The van der Waals surface area contributed by atoms with Crippen molar-refractivity contribution in [2.75, 3.05) is 36.5 Å². The first-order chi connectivity index (χ1) is 14.4. The molecule has 2 aromatic heterocycles. The molecular weight excluding hydrogens is 366 g/mol. The topological polar surface area (TPSA) is 89.0 Å². The van der Waals surface area contributed by atoms with Gasteiger partial charge in [-0.05, 0) is 35.4 Å². The average Bonchev–Trinajstić information content (AvgIpc) is 2.80. The lowest BCUT2D eigenvalue weighted by Gasteiger charge is -2.29. The van der Waals surface area contributed by atoms with E-state index in [1.165, 1.54) is 18.2 Å². The summed E-state index contributed by atoms with van der Waals surface area (Å²) in [6, 6.07) is 14.7. The van der Waals surface area contributed by atoms with E-state index in [2.05, 4.69) is 71.8 Å². The molecule has 0 unspecified atom stereocenters. The summed E-state index contributed by atoms with van der Waals surface area (Å²) in [6.45, 7) is 3.36. The van der Waals surface area contributed by atoms with Crippen molar-refractivity contribution in [3.05, 3.63) is 61.2 Å². The van der Waals surface area contributed by atoms with Crippen LogP contribution in [0.25, 0.3) is 22.0 Å². The van der Waals surface area contributed by atoms with E-state index in [0.717, 1.165) is 48.3 Å². The van der Waals surface area contributed by atoms with Gasteiger partial charge in [-0.2, -0.15) is 5.10 Å². The van der Waals surface area contributed by atoms with Crippen LogP contribution in [0.1, 0.15) is 0 Å². The molecule has 3 heterocycles.